The number of likely N-dealkylation sites (tertiary alicyclic amines) is 1. The zero-order valence-corrected chi connectivity index (χ0v) is 15.3. The molecular weight excluding hydrogens is 352 g/mol. The largest absolute Gasteiger partial charge is 0.323 e. The topological polar surface area (TPSA) is 78.3 Å². The number of amides is 1. The Labute approximate surface area is 156 Å². The summed E-state index contributed by atoms with van der Waals surface area (Å²) in [5, 5.41) is 10.7. The molecule has 1 atom stereocenters. The predicted octanol–water partition coefficient (Wildman–Crippen LogP) is 3.05. The van der Waals surface area contributed by atoms with Gasteiger partial charge in [-0.3, -0.25) is 14.8 Å². The number of hydrogen-bond donors (Lipinski definition) is 2. The minimum absolute atomic E-state index is 0.0799. The number of nitrogens with one attached hydrogen (secondary N) is 2. The standard InChI is InChI=1S/C18H21ClN6O/c1-12(26)21-16-7-20-23-18(16)13-3-2-6-24(8-13)10-15-11-25-9-14(19)4-5-17(25)22-15/h4-5,7,9,11,13H,2-3,6,8,10H2,1H3,(H,20,23)(H,21,26). The van der Waals surface area contributed by atoms with Gasteiger partial charge in [0.2, 0.25) is 5.91 Å². The Morgan fingerprint density at radius 3 is 3.15 bits per heavy atom. The molecule has 1 aliphatic heterocycles. The van der Waals surface area contributed by atoms with Gasteiger partial charge in [-0.1, -0.05) is 11.6 Å². The van der Waals surface area contributed by atoms with E-state index < -0.39 is 0 Å². The van der Waals surface area contributed by atoms with Crippen LogP contribution in [0.3, 0.4) is 0 Å². The van der Waals surface area contributed by atoms with Crippen LogP contribution in [0.5, 0.6) is 0 Å². The first-order valence-electron chi connectivity index (χ1n) is 8.75. The second-order valence-corrected chi connectivity index (χ2v) is 7.23. The van der Waals surface area contributed by atoms with Crippen molar-refractivity contribution in [3.63, 3.8) is 0 Å². The van der Waals surface area contributed by atoms with Gasteiger partial charge in [0, 0.05) is 38.3 Å². The molecule has 3 aromatic rings. The average molecular weight is 373 g/mol. The molecule has 0 radical (unpaired) electrons. The van der Waals surface area contributed by atoms with Crippen LogP contribution in [0.1, 0.15) is 37.1 Å². The lowest BCUT2D eigenvalue weighted by Crippen LogP contribution is -2.34. The quantitative estimate of drug-likeness (QED) is 0.737. The first kappa shape index (κ1) is 17.1. The van der Waals surface area contributed by atoms with Gasteiger partial charge in [-0.25, -0.2) is 4.98 Å². The summed E-state index contributed by atoms with van der Waals surface area (Å²) in [6.45, 7) is 4.25. The fourth-order valence-electron chi connectivity index (χ4n) is 3.65. The van der Waals surface area contributed by atoms with Crippen LogP contribution in [-0.4, -0.2) is 43.5 Å². The molecule has 1 amide bonds. The van der Waals surface area contributed by atoms with E-state index in [0.29, 0.717) is 10.9 Å². The number of imidazole rings is 1. The molecule has 0 spiro atoms. The minimum atomic E-state index is -0.0799. The molecule has 0 aromatic carbocycles. The summed E-state index contributed by atoms with van der Waals surface area (Å²) in [5.74, 6) is 0.239. The lowest BCUT2D eigenvalue weighted by atomic mass is 9.94. The van der Waals surface area contributed by atoms with Crippen LogP contribution >= 0.6 is 11.6 Å². The van der Waals surface area contributed by atoms with E-state index in [4.69, 9.17) is 11.6 Å². The number of fused-ring (bicyclic) bond motifs is 1. The number of carbonyl (C=O) groups excluding carboxylic acids is 1. The molecule has 0 aliphatic carbocycles. The van der Waals surface area contributed by atoms with Crippen LogP contribution in [0.4, 0.5) is 5.69 Å². The van der Waals surface area contributed by atoms with Gasteiger partial charge >= 0.3 is 0 Å². The highest BCUT2D eigenvalue weighted by molar-refractivity contribution is 6.30. The summed E-state index contributed by atoms with van der Waals surface area (Å²) in [6, 6.07) is 3.78. The number of pyridine rings is 1. The van der Waals surface area contributed by atoms with Gasteiger partial charge in [0.25, 0.3) is 0 Å². The Morgan fingerprint density at radius 2 is 2.31 bits per heavy atom. The van der Waals surface area contributed by atoms with Crippen LogP contribution < -0.4 is 5.32 Å². The molecule has 0 saturated carbocycles. The summed E-state index contributed by atoms with van der Waals surface area (Å²) in [5.41, 5.74) is 3.72. The molecule has 7 nitrogen and oxygen atoms in total. The number of carbonyl (C=O) groups is 1. The van der Waals surface area contributed by atoms with E-state index >= 15 is 0 Å². The molecule has 8 heteroatoms. The van der Waals surface area contributed by atoms with Crippen molar-refractivity contribution < 1.29 is 4.79 Å². The molecule has 3 aromatic heterocycles. The molecule has 4 heterocycles. The highest BCUT2D eigenvalue weighted by Gasteiger charge is 2.25. The molecule has 2 N–H and O–H groups in total. The lowest BCUT2D eigenvalue weighted by Gasteiger charge is -2.32. The Balaban J connectivity index is 1.48. The van der Waals surface area contributed by atoms with E-state index in [2.05, 4.69) is 25.4 Å². The van der Waals surface area contributed by atoms with E-state index in [1.54, 1.807) is 6.20 Å². The molecule has 136 valence electrons. The first-order valence-corrected chi connectivity index (χ1v) is 9.12. The van der Waals surface area contributed by atoms with Gasteiger partial charge in [-0.2, -0.15) is 5.10 Å². The fraction of sp³-hybridized carbons (Fsp3) is 0.389. The highest BCUT2D eigenvalue weighted by atomic mass is 35.5. The Morgan fingerprint density at radius 1 is 1.42 bits per heavy atom. The van der Waals surface area contributed by atoms with Crippen molar-refractivity contribution in [3.8, 4) is 0 Å². The third-order valence-corrected chi connectivity index (χ3v) is 4.97. The maximum Gasteiger partial charge on any atom is 0.221 e. The maximum atomic E-state index is 11.4. The number of rotatable bonds is 4. The summed E-state index contributed by atoms with van der Waals surface area (Å²) in [4.78, 5) is 18.5. The fourth-order valence-corrected chi connectivity index (χ4v) is 3.82. The van der Waals surface area contributed by atoms with Gasteiger partial charge in [-0.05, 0) is 31.5 Å². The Bertz CT molecular complexity index is 933. The van der Waals surface area contributed by atoms with Gasteiger partial charge in [0.15, 0.2) is 0 Å². The van der Waals surface area contributed by atoms with E-state index in [1.165, 1.54) is 6.92 Å². The van der Waals surface area contributed by atoms with Crippen LogP contribution in [0, 0.1) is 0 Å². The summed E-state index contributed by atoms with van der Waals surface area (Å²) in [6.07, 6.45) is 7.76. The van der Waals surface area contributed by atoms with E-state index in [1.807, 2.05) is 28.9 Å². The Hall–Kier alpha value is -2.38. The first-order chi connectivity index (χ1) is 12.6. The smallest absolute Gasteiger partial charge is 0.221 e. The maximum absolute atomic E-state index is 11.4. The number of halogens is 1. The molecular formula is C18H21ClN6O. The molecule has 1 unspecified atom stereocenters. The zero-order valence-electron chi connectivity index (χ0n) is 14.6. The third kappa shape index (κ3) is 3.59. The van der Waals surface area contributed by atoms with Crippen molar-refractivity contribution >= 4 is 28.8 Å². The average Bonchev–Trinajstić information content (AvgIpc) is 3.20. The molecule has 1 saturated heterocycles. The van der Waals surface area contributed by atoms with Crippen LogP contribution in [0.15, 0.2) is 30.7 Å². The summed E-state index contributed by atoms with van der Waals surface area (Å²) >= 11 is 6.05. The summed E-state index contributed by atoms with van der Waals surface area (Å²) in [7, 11) is 0. The molecule has 4 rings (SSSR count). The van der Waals surface area contributed by atoms with Crippen molar-refractivity contribution in [1.29, 1.82) is 0 Å². The van der Waals surface area contributed by atoms with Gasteiger partial charge < -0.3 is 9.72 Å². The van der Waals surface area contributed by atoms with Gasteiger partial charge in [0.05, 0.1) is 28.3 Å². The van der Waals surface area contributed by atoms with Crippen molar-refractivity contribution in [2.45, 2.75) is 32.2 Å². The predicted molar refractivity (Wildman–Crippen MR) is 100 cm³/mol. The molecule has 1 fully saturated rings. The van der Waals surface area contributed by atoms with E-state index in [9.17, 15) is 4.79 Å². The number of nitrogens with zero attached hydrogens (tertiary/aromatic N) is 4. The number of H-pyrrole nitrogens is 1. The third-order valence-electron chi connectivity index (χ3n) is 4.74. The van der Waals surface area contributed by atoms with Gasteiger partial charge in [0.1, 0.15) is 5.65 Å². The van der Waals surface area contributed by atoms with Crippen LogP contribution in [0.25, 0.3) is 5.65 Å². The normalized spacial score (nSPS) is 18.3. The SMILES string of the molecule is CC(=O)Nc1cn[nH]c1C1CCCN(Cc2cn3cc(Cl)ccc3n2)C1. The monoisotopic (exact) mass is 372 g/mol. The Kier molecular flexibility index (Phi) is 4.65. The summed E-state index contributed by atoms with van der Waals surface area (Å²) < 4.78 is 1.96. The number of aromatic nitrogens is 4. The number of anilines is 1. The number of aromatic amines is 1. The van der Waals surface area contributed by atoms with E-state index in [-0.39, 0.29) is 5.91 Å². The number of hydrogen-bond acceptors (Lipinski definition) is 4. The lowest BCUT2D eigenvalue weighted by molar-refractivity contribution is -0.114. The molecule has 1 aliphatic rings. The van der Waals surface area contributed by atoms with Crippen LogP contribution in [-0.2, 0) is 11.3 Å². The van der Waals surface area contributed by atoms with E-state index in [0.717, 1.165) is 55.2 Å². The van der Waals surface area contributed by atoms with Crippen molar-refractivity contribution in [3.05, 3.63) is 47.1 Å². The van der Waals surface area contributed by atoms with Crippen LogP contribution in [0.2, 0.25) is 5.02 Å². The number of piperidine rings is 1. The van der Waals surface area contributed by atoms with Crippen molar-refractivity contribution in [2.24, 2.45) is 0 Å². The second kappa shape index (κ2) is 7.09. The zero-order chi connectivity index (χ0) is 18.1. The minimum Gasteiger partial charge on any atom is -0.323 e. The molecule has 0 bridgehead atoms. The highest BCUT2D eigenvalue weighted by Crippen LogP contribution is 2.30. The molecule has 26 heavy (non-hydrogen) atoms. The second-order valence-electron chi connectivity index (χ2n) is 6.80. The van der Waals surface area contributed by atoms with Gasteiger partial charge in [-0.15, -0.1) is 0 Å². The van der Waals surface area contributed by atoms with Crippen molar-refractivity contribution in [2.75, 3.05) is 18.4 Å². The van der Waals surface area contributed by atoms with Crippen molar-refractivity contribution in [1.82, 2.24) is 24.5 Å².